The Kier molecular flexibility index (Phi) is 4.05. The number of nitrogens with zero attached hydrogens (tertiary/aromatic N) is 1. The number of halogens is 2. The maximum atomic E-state index is 13.8. The van der Waals surface area contributed by atoms with Gasteiger partial charge in [0.2, 0.25) is 0 Å². The second-order valence-corrected chi connectivity index (χ2v) is 5.86. The normalized spacial score (nSPS) is 11.2. The van der Waals surface area contributed by atoms with E-state index in [2.05, 4.69) is 10.4 Å². The molecule has 21 heavy (non-hydrogen) atoms. The van der Waals surface area contributed by atoms with Crippen LogP contribution in [0.25, 0.3) is 0 Å². The van der Waals surface area contributed by atoms with Gasteiger partial charge in [0.25, 0.3) is 10.0 Å². The quantitative estimate of drug-likeness (QED) is 0.590. The van der Waals surface area contributed by atoms with Gasteiger partial charge in [0.1, 0.15) is 17.3 Å². The third-order valence-corrected chi connectivity index (χ3v) is 4.06. The molecule has 2 rings (SSSR count). The van der Waals surface area contributed by atoms with E-state index in [-0.39, 0.29) is 16.3 Å². The molecule has 0 aliphatic carbocycles. The van der Waals surface area contributed by atoms with E-state index < -0.39 is 27.3 Å². The summed E-state index contributed by atoms with van der Waals surface area (Å²) >= 11 is 0. The van der Waals surface area contributed by atoms with Crippen molar-refractivity contribution in [3.05, 3.63) is 47.7 Å². The molecule has 0 saturated carbocycles. The zero-order valence-corrected chi connectivity index (χ0v) is 11.7. The second kappa shape index (κ2) is 5.62. The summed E-state index contributed by atoms with van der Waals surface area (Å²) in [6, 6.07) is 4.50. The van der Waals surface area contributed by atoms with E-state index in [0.717, 1.165) is 12.1 Å². The van der Waals surface area contributed by atoms with Crippen LogP contribution in [0.1, 0.15) is 5.56 Å². The number of anilines is 2. The molecule has 0 aliphatic heterocycles. The molecule has 2 aromatic rings. The van der Waals surface area contributed by atoms with Crippen molar-refractivity contribution in [1.82, 2.24) is 4.98 Å². The van der Waals surface area contributed by atoms with Crippen molar-refractivity contribution >= 4 is 21.5 Å². The molecule has 0 amide bonds. The number of benzene rings is 1. The smallest absolute Gasteiger partial charge is 0.262 e. The van der Waals surface area contributed by atoms with Gasteiger partial charge in [-0.05, 0) is 24.6 Å². The van der Waals surface area contributed by atoms with Crippen LogP contribution in [0.2, 0.25) is 0 Å². The summed E-state index contributed by atoms with van der Waals surface area (Å²) in [5, 5.41) is 0. The van der Waals surface area contributed by atoms with Crippen LogP contribution in [-0.4, -0.2) is 13.4 Å². The Bertz CT molecular complexity index is 781. The van der Waals surface area contributed by atoms with Crippen molar-refractivity contribution in [1.29, 1.82) is 0 Å². The molecular weight excluding hydrogens is 302 g/mol. The molecule has 9 heteroatoms. The molecule has 0 spiro atoms. The molecule has 1 heterocycles. The first-order valence-electron chi connectivity index (χ1n) is 5.75. The highest BCUT2D eigenvalue weighted by molar-refractivity contribution is 7.92. The average Bonchev–Trinajstić information content (AvgIpc) is 2.48. The minimum Gasteiger partial charge on any atom is -0.308 e. The Morgan fingerprint density at radius 3 is 2.62 bits per heavy atom. The largest absolute Gasteiger partial charge is 0.308 e. The van der Waals surface area contributed by atoms with Gasteiger partial charge in [0, 0.05) is 12.3 Å². The number of sulfonamides is 1. The predicted molar refractivity (Wildman–Crippen MR) is 74.0 cm³/mol. The summed E-state index contributed by atoms with van der Waals surface area (Å²) in [6.07, 6.45) is 1.20. The predicted octanol–water partition coefficient (Wildman–Crippen LogP) is 1.75. The Morgan fingerprint density at radius 1 is 1.24 bits per heavy atom. The maximum absolute atomic E-state index is 13.8. The molecule has 0 bridgehead atoms. The minimum atomic E-state index is -4.17. The SMILES string of the molecule is Cc1ccc(F)c(NS(=O)(=O)c2ccnc(NN)c2)c1F. The van der Waals surface area contributed by atoms with E-state index >= 15 is 0 Å². The molecule has 6 nitrogen and oxygen atoms in total. The molecule has 1 aromatic carbocycles. The Labute approximate surface area is 120 Å². The van der Waals surface area contributed by atoms with Gasteiger partial charge < -0.3 is 5.43 Å². The van der Waals surface area contributed by atoms with E-state index in [1.54, 1.807) is 0 Å². The van der Waals surface area contributed by atoms with Crippen LogP contribution in [0.15, 0.2) is 35.4 Å². The fraction of sp³-hybridized carbons (Fsp3) is 0.0833. The number of hydrogen-bond acceptors (Lipinski definition) is 5. The monoisotopic (exact) mass is 314 g/mol. The average molecular weight is 314 g/mol. The summed E-state index contributed by atoms with van der Waals surface area (Å²) in [4.78, 5) is 3.52. The Balaban J connectivity index is 2.45. The molecule has 0 atom stereocenters. The number of aryl methyl sites for hydroxylation is 1. The summed E-state index contributed by atoms with van der Waals surface area (Å²) in [6.45, 7) is 1.40. The number of rotatable bonds is 4. The van der Waals surface area contributed by atoms with Crippen LogP contribution in [0, 0.1) is 18.6 Å². The van der Waals surface area contributed by atoms with Crippen LogP contribution in [0.4, 0.5) is 20.3 Å². The lowest BCUT2D eigenvalue weighted by atomic mass is 10.2. The third-order valence-electron chi connectivity index (χ3n) is 2.71. The fourth-order valence-corrected chi connectivity index (χ4v) is 2.68. The fourth-order valence-electron chi connectivity index (χ4n) is 1.60. The van der Waals surface area contributed by atoms with Crippen molar-refractivity contribution in [3.8, 4) is 0 Å². The topological polar surface area (TPSA) is 97.1 Å². The van der Waals surface area contributed by atoms with Gasteiger partial charge >= 0.3 is 0 Å². The number of nitrogens with two attached hydrogens (primary N) is 1. The molecule has 4 N–H and O–H groups in total. The van der Waals surface area contributed by atoms with Gasteiger partial charge in [-0.1, -0.05) is 6.07 Å². The molecule has 0 saturated heterocycles. The first-order chi connectivity index (χ1) is 9.85. The Morgan fingerprint density at radius 2 is 1.95 bits per heavy atom. The van der Waals surface area contributed by atoms with Crippen molar-refractivity contribution in [2.24, 2.45) is 5.84 Å². The summed E-state index contributed by atoms with van der Waals surface area (Å²) in [5.41, 5.74) is 1.57. The van der Waals surface area contributed by atoms with E-state index in [1.165, 1.54) is 25.3 Å². The van der Waals surface area contributed by atoms with Crippen LogP contribution in [0.5, 0.6) is 0 Å². The number of pyridine rings is 1. The summed E-state index contributed by atoms with van der Waals surface area (Å²) < 4.78 is 53.6. The van der Waals surface area contributed by atoms with Crippen molar-refractivity contribution in [2.75, 3.05) is 10.1 Å². The van der Waals surface area contributed by atoms with Crippen LogP contribution >= 0.6 is 0 Å². The van der Waals surface area contributed by atoms with Gasteiger partial charge in [-0.2, -0.15) is 0 Å². The highest BCUT2D eigenvalue weighted by atomic mass is 32.2. The minimum absolute atomic E-state index is 0.100. The number of nitrogens with one attached hydrogen (secondary N) is 2. The van der Waals surface area contributed by atoms with E-state index in [1.807, 2.05) is 4.72 Å². The van der Waals surface area contributed by atoms with Crippen molar-refractivity contribution in [3.63, 3.8) is 0 Å². The van der Waals surface area contributed by atoms with Gasteiger partial charge in [-0.25, -0.2) is 28.0 Å². The zero-order chi connectivity index (χ0) is 15.6. The standard InChI is InChI=1S/C12H12F2N4O2S/c1-7-2-3-9(13)12(11(7)14)18-21(19,20)8-4-5-16-10(6-8)17-15/h2-6,18H,15H2,1H3,(H,16,17). The van der Waals surface area contributed by atoms with Crippen LogP contribution in [-0.2, 0) is 10.0 Å². The van der Waals surface area contributed by atoms with Crippen molar-refractivity contribution < 1.29 is 17.2 Å². The lowest BCUT2D eigenvalue weighted by Gasteiger charge is -2.11. The van der Waals surface area contributed by atoms with Crippen LogP contribution in [0.3, 0.4) is 0 Å². The summed E-state index contributed by atoms with van der Waals surface area (Å²) in [5.74, 6) is 3.26. The van der Waals surface area contributed by atoms with Gasteiger partial charge in [0.15, 0.2) is 5.82 Å². The molecule has 0 fully saturated rings. The van der Waals surface area contributed by atoms with Crippen molar-refractivity contribution in [2.45, 2.75) is 11.8 Å². The number of hydrazine groups is 1. The molecule has 0 radical (unpaired) electrons. The molecule has 0 aliphatic rings. The Hall–Kier alpha value is -2.26. The number of aromatic nitrogens is 1. The first kappa shape index (κ1) is 15.1. The second-order valence-electron chi connectivity index (χ2n) is 4.18. The van der Waals surface area contributed by atoms with Gasteiger partial charge in [-0.3, -0.25) is 4.72 Å². The van der Waals surface area contributed by atoms with Gasteiger partial charge in [0.05, 0.1) is 4.90 Å². The van der Waals surface area contributed by atoms with E-state index in [0.29, 0.717) is 0 Å². The van der Waals surface area contributed by atoms with E-state index in [9.17, 15) is 17.2 Å². The molecule has 112 valence electrons. The third kappa shape index (κ3) is 3.09. The number of hydrogen-bond donors (Lipinski definition) is 3. The highest BCUT2D eigenvalue weighted by Gasteiger charge is 2.20. The first-order valence-corrected chi connectivity index (χ1v) is 7.23. The summed E-state index contributed by atoms with van der Waals surface area (Å²) in [7, 11) is -4.17. The maximum Gasteiger partial charge on any atom is 0.262 e. The lowest BCUT2D eigenvalue weighted by molar-refractivity contribution is 0.579. The van der Waals surface area contributed by atoms with Gasteiger partial charge in [-0.15, -0.1) is 0 Å². The van der Waals surface area contributed by atoms with E-state index in [4.69, 9.17) is 5.84 Å². The lowest BCUT2D eigenvalue weighted by Crippen LogP contribution is -2.17. The van der Waals surface area contributed by atoms with Crippen LogP contribution < -0.4 is 16.0 Å². The molecule has 0 unspecified atom stereocenters. The molecular formula is C12H12F2N4O2S. The number of nitrogen functional groups attached to an aromatic ring is 1. The molecule has 1 aromatic heterocycles. The highest BCUT2D eigenvalue weighted by Crippen LogP contribution is 2.25. The zero-order valence-electron chi connectivity index (χ0n) is 10.9.